The number of rotatable bonds is 2. The lowest BCUT2D eigenvalue weighted by molar-refractivity contribution is -0.118. The van der Waals surface area contributed by atoms with E-state index in [-0.39, 0.29) is 11.7 Å². The van der Waals surface area contributed by atoms with E-state index < -0.39 is 0 Å². The van der Waals surface area contributed by atoms with Gasteiger partial charge >= 0.3 is 0 Å². The minimum atomic E-state index is -0.174. The molecule has 0 saturated carbocycles. The molecule has 1 N–H and O–H groups in total. The zero-order chi connectivity index (χ0) is 7.28. The molecule has 0 aromatic rings. The average molecular weight is 127 g/mol. The quantitative estimate of drug-likeness (QED) is 0.539. The molecule has 0 radical (unpaired) electrons. The zero-order valence-electron chi connectivity index (χ0n) is 5.47. The van der Waals surface area contributed by atoms with Crippen LogP contribution < -0.4 is 5.32 Å². The van der Waals surface area contributed by atoms with E-state index >= 15 is 0 Å². The third kappa shape index (κ3) is 6.88. The van der Waals surface area contributed by atoms with Crippen molar-refractivity contribution in [3.63, 3.8) is 0 Å². The van der Waals surface area contributed by atoms with Crippen molar-refractivity contribution in [3.8, 4) is 0 Å². The Hall–Kier alpha value is -1.12. The highest BCUT2D eigenvalue weighted by Gasteiger charge is 1.83. The van der Waals surface area contributed by atoms with E-state index in [0.717, 1.165) is 0 Å². The van der Waals surface area contributed by atoms with Crippen molar-refractivity contribution in [3.05, 3.63) is 12.3 Å². The number of hydrogen-bond donors (Lipinski definition) is 1. The third-order valence-electron chi connectivity index (χ3n) is 0.605. The van der Waals surface area contributed by atoms with Crippen molar-refractivity contribution in [2.45, 2.75) is 13.8 Å². The molecule has 0 aliphatic heterocycles. The van der Waals surface area contributed by atoms with Crippen molar-refractivity contribution < 1.29 is 9.59 Å². The van der Waals surface area contributed by atoms with Crippen LogP contribution in [0.4, 0.5) is 0 Å². The van der Waals surface area contributed by atoms with Gasteiger partial charge in [0.25, 0.3) is 0 Å². The van der Waals surface area contributed by atoms with Gasteiger partial charge < -0.3 is 5.32 Å². The number of carbonyl (C=O) groups excluding carboxylic acids is 2. The Labute approximate surface area is 53.7 Å². The highest BCUT2D eigenvalue weighted by Crippen LogP contribution is 1.70. The summed E-state index contributed by atoms with van der Waals surface area (Å²) in [6.07, 6.45) is 2.62. The first kappa shape index (κ1) is 7.88. The third-order valence-corrected chi connectivity index (χ3v) is 0.605. The molecule has 0 aliphatic rings. The lowest BCUT2D eigenvalue weighted by Crippen LogP contribution is -2.11. The molecule has 0 unspecified atom stereocenters. The molecule has 0 aromatic carbocycles. The van der Waals surface area contributed by atoms with Crippen molar-refractivity contribution in [1.82, 2.24) is 5.32 Å². The summed E-state index contributed by atoms with van der Waals surface area (Å²) in [4.78, 5) is 20.3. The van der Waals surface area contributed by atoms with Crippen LogP contribution in [0.15, 0.2) is 12.3 Å². The first-order valence-electron chi connectivity index (χ1n) is 2.57. The standard InChI is InChI=1S/C6H9NO2/c1-5(8)3-4-7-6(2)9/h3-4H,1-2H3,(H,7,9)/b4-3-. The van der Waals surface area contributed by atoms with E-state index in [1.807, 2.05) is 0 Å². The van der Waals surface area contributed by atoms with Gasteiger partial charge in [-0.3, -0.25) is 9.59 Å². The molecular formula is C6H9NO2. The Morgan fingerprint density at radius 1 is 1.33 bits per heavy atom. The average Bonchev–Trinajstić information content (AvgIpc) is 1.63. The molecular weight excluding hydrogens is 118 g/mol. The van der Waals surface area contributed by atoms with Gasteiger partial charge in [-0.2, -0.15) is 0 Å². The second-order valence-corrected chi connectivity index (χ2v) is 1.64. The summed E-state index contributed by atoms with van der Waals surface area (Å²) in [5, 5.41) is 2.34. The first-order valence-corrected chi connectivity index (χ1v) is 2.57. The summed E-state index contributed by atoms with van der Waals surface area (Å²) >= 11 is 0. The second kappa shape index (κ2) is 3.83. The van der Waals surface area contributed by atoms with Gasteiger partial charge in [-0.15, -0.1) is 0 Å². The molecule has 0 fully saturated rings. The Kier molecular flexibility index (Phi) is 3.35. The largest absolute Gasteiger partial charge is 0.333 e. The number of hydrogen-bond acceptors (Lipinski definition) is 2. The summed E-state index contributed by atoms with van der Waals surface area (Å²) < 4.78 is 0. The topological polar surface area (TPSA) is 46.2 Å². The first-order chi connectivity index (χ1) is 4.13. The molecule has 0 atom stereocenters. The SMILES string of the molecule is CC(=O)/C=C\NC(C)=O. The predicted octanol–water partition coefficient (Wildman–Crippen LogP) is 0.225. The Morgan fingerprint density at radius 2 is 1.89 bits per heavy atom. The van der Waals surface area contributed by atoms with Gasteiger partial charge in [-0.05, 0) is 13.0 Å². The minimum absolute atomic E-state index is 0.0799. The number of allylic oxidation sites excluding steroid dienone is 1. The Bertz CT molecular complexity index is 149. The number of ketones is 1. The molecule has 0 spiro atoms. The van der Waals surface area contributed by atoms with E-state index in [4.69, 9.17) is 0 Å². The summed E-state index contributed by atoms with van der Waals surface area (Å²) in [6.45, 7) is 2.79. The van der Waals surface area contributed by atoms with E-state index in [2.05, 4.69) is 5.32 Å². The van der Waals surface area contributed by atoms with Gasteiger partial charge in [0.05, 0.1) is 0 Å². The molecule has 50 valence electrons. The van der Waals surface area contributed by atoms with Crippen LogP contribution >= 0.6 is 0 Å². The molecule has 3 heteroatoms. The van der Waals surface area contributed by atoms with Gasteiger partial charge in [0.15, 0.2) is 5.78 Å². The fourth-order valence-electron chi connectivity index (χ4n) is 0.276. The zero-order valence-corrected chi connectivity index (χ0v) is 5.47. The molecule has 0 saturated heterocycles. The molecule has 0 rings (SSSR count). The van der Waals surface area contributed by atoms with Crippen LogP contribution in [-0.4, -0.2) is 11.7 Å². The van der Waals surface area contributed by atoms with Gasteiger partial charge in [-0.1, -0.05) is 0 Å². The number of carbonyl (C=O) groups is 2. The summed E-state index contributed by atoms with van der Waals surface area (Å²) in [7, 11) is 0. The van der Waals surface area contributed by atoms with E-state index in [1.165, 1.54) is 26.1 Å². The molecule has 0 heterocycles. The monoisotopic (exact) mass is 127 g/mol. The summed E-state index contributed by atoms with van der Waals surface area (Å²) in [5.74, 6) is -0.253. The van der Waals surface area contributed by atoms with Crippen LogP contribution in [-0.2, 0) is 9.59 Å². The lowest BCUT2D eigenvalue weighted by Gasteiger charge is -1.86. The predicted molar refractivity (Wildman–Crippen MR) is 33.6 cm³/mol. The van der Waals surface area contributed by atoms with Crippen LogP contribution in [0.5, 0.6) is 0 Å². The minimum Gasteiger partial charge on any atom is -0.333 e. The van der Waals surface area contributed by atoms with Crippen LogP contribution in [0.25, 0.3) is 0 Å². The lowest BCUT2D eigenvalue weighted by atomic mass is 10.4. The molecule has 9 heavy (non-hydrogen) atoms. The van der Waals surface area contributed by atoms with Gasteiger partial charge in [0, 0.05) is 13.1 Å². The fraction of sp³-hybridized carbons (Fsp3) is 0.333. The van der Waals surface area contributed by atoms with Crippen LogP contribution in [0.2, 0.25) is 0 Å². The van der Waals surface area contributed by atoms with Gasteiger partial charge in [0.1, 0.15) is 0 Å². The molecule has 1 amide bonds. The maximum atomic E-state index is 10.2. The number of amides is 1. The van der Waals surface area contributed by atoms with Crippen molar-refractivity contribution in [2.24, 2.45) is 0 Å². The second-order valence-electron chi connectivity index (χ2n) is 1.64. The Morgan fingerprint density at radius 3 is 2.22 bits per heavy atom. The number of nitrogens with one attached hydrogen (secondary N) is 1. The van der Waals surface area contributed by atoms with Gasteiger partial charge in [-0.25, -0.2) is 0 Å². The van der Waals surface area contributed by atoms with Crippen LogP contribution in [0.3, 0.4) is 0 Å². The highest BCUT2D eigenvalue weighted by molar-refractivity contribution is 5.87. The maximum Gasteiger partial charge on any atom is 0.220 e. The van der Waals surface area contributed by atoms with Crippen molar-refractivity contribution >= 4 is 11.7 Å². The summed E-state index contributed by atoms with van der Waals surface area (Å²) in [6, 6.07) is 0. The fourth-order valence-corrected chi connectivity index (χ4v) is 0.276. The van der Waals surface area contributed by atoms with E-state index in [0.29, 0.717) is 0 Å². The maximum absolute atomic E-state index is 10.2. The van der Waals surface area contributed by atoms with Crippen molar-refractivity contribution in [2.75, 3.05) is 0 Å². The van der Waals surface area contributed by atoms with Gasteiger partial charge in [0.2, 0.25) is 5.91 Å². The van der Waals surface area contributed by atoms with E-state index in [1.54, 1.807) is 0 Å². The highest BCUT2D eigenvalue weighted by atomic mass is 16.1. The summed E-state index contributed by atoms with van der Waals surface area (Å²) in [5.41, 5.74) is 0. The smallest absolute Gasteiger partial charge is 0.220 e. The Balaban J connectivity index is 3.48. The normalized spacial score (nSPS) is 9.56. The molecule has 0 bridgehead atoms. The molecule has 3 nitrogen and oxygen atoms in total. The molecule has 0 aliphatic carbocycles. The molecule has 0 aromatic heterocycles. The van der Waals surface area contributed by atoms with Crippen molar-refractivity contribution in [1.29, 1.82) is 0 Å². The van der Waals surface area contributed by atoms with Crippen LogP contribution in [0.1, 0.15) is 13.8 Å². The van der Waals surface area contributed by atoms with Crippen LogP contribution in [0, 0.1) is 0 Å². The van der Waals surface area contributed by atoms with E-state index in [9.17, 15) is 9.59 Å².